The minimum absolute atomic E-state index is 0.223. The molecule has 1 N–H and O–H groups in total. The van der Waals surface area contributed by atoms with Gasteiger partial charge in [-0.05, 0) is 43.7 Å². The first-order valence-corrected chi connectivity index (χ1v) is 8.79. The molecule has 0 spiro atoms. The van der Waals surface area contributed by atoms with Crippen LogP contribution in [0.1, 0.15) is 56.3 Å². The lowest BCUT2D eigenvalue weighted by Gasteiger charge is -2.43. The van der Waals surface area contributed by atoms with E-state index in [-0.39, 0.29) is 11.3 Å². The van der Waals surface area contributed by atoms with Gasteiger partial charge in [-0.25, -0.2) is 0 Å². The van der Waals surface area contributed by atoms with Gasteiger partial charge in [0, 0.05) is 26.3 Å². The van der Waals surface area contributed by atoms with E-state index in [4.69, 9.17) is 4.74 Å². The van der Waals surface area contributed by atoms with Gasteiger partial charge in [0.05, 0.1) is 11.5 Å². The summed E-state index contributed by atoms with van der Waals surface area (Å²) in [7, 11) is 0. The second-order valence-electron chi connectivity index (χ2n) is 6.81. The normalized spacial score (nSPS) is 22.9. The van der Waals surface area contributed by atoms with Crippen LogP contribution in [0.25, 0.3) is 0 Å². The van der Waals surface area contributed by atoms with Gasteiger partial charge >= 0.3 is 0 Å². The Kier molecular flexibility index (Phi) is 5.02. The fraction of sp³-hybridized carbons (Fsp3) is 0.632. The summed E-state index contributed by atoms with van der Waals surface area (Å²) in [6.07, 6.45) is 4.04. The summed E-state index contributed by atoms with van der Waals surface area (Å²) in [5, 5.41) is 10.3. The standard InChI is InChI=1S/C19H27NO3/c1-2-23-13-11-19(9-5-10-19)18(22)20-12-8-17(21)16-7-4-3-6-15(16)14-20/h3-4,6-7,17,21H,2,5,8-14H2,1H3. The Labute approximate surface area is 138 Å². The first-order chi connectivity index (χ1) is 11.2. The molecule has 1 aliphatic heterocycles. The highest BCUT2D eigenvalue weighted by Gasteiger charge is 2.46. The number of aliphatic hydroxyl groups excluding tert-OH is 1. The van der Waals surface area contributed by atoms with Crippen molar-refractivity contribution in [3.8, 4) is 0 Å². The zero-order valence-electron chi connectivity index (χ0n) is 14.0. The number of carbonyl (C=O) groups is 1. The summed E-state index contributed by atoms with van der Waals surface area (Å²) in [5.41, 5.74) is 1.82. The van der Waals surface area contributed by atoms with Crippen molar-refractivity contribution < 1.29 is 14.6 Å². The SMILES string of the molecule is CCOCCC1(C(=O)N2CCC(O)c3ccccc3C2)CCC1. The van der Waals surface area contributed by atoms with Crippen LogP contribution in [0.5, 0.6) is 0 Å². The molecule has 1 fully saturated rings. The van der Waals surface area contributed by atoms with Gasteiger partial charge in [-0.3, -0.25) is 4.79 Å². The minimum atomic E-state index is -0.468. The number of fused-ring (bicyclic) bond motifs is 1. The zero-order valence-corrected chi connectivity index (χ0v) is 14.0. The van der Waals surface area contributed by atoms with Gasteiger partial charge in [0.1, 0.15) is 0 Å². The maximum Gasteiger partial charge on any atom is 0.229 e. The van der Waals surface area contributed by atoms with Crippen LogP contribution in [0.4, 0.5) is 0 Å². The minimum Gasteiger partial charge on any atom is -0.388 e. The van der Waals surface area contributed by atoms with Gasteiger partial charge in [-0.15, -0.1) is 0 Å². The Morgan fingerprint density at radius 1 is 1.39 bits per heavy atom. The van der Waals surface area contributed by atoms with Crippen molar-refractivity contribution in [3.63, 3.8) is 0 Å². The molecule has 1 unspecified atom stereocenters. The van der Waals surface area contributed by atoms with Gasteiger partial charge in [0.15, 0.2) is 0 Å². The van der Waals surface area contributed by atoms with Gasteiger partial charge < -0.3 is 14.7 Å². The van der Waals surface area contributed by atoms with Crippen LogP contribution < -0.4 is 0 Å². The van der Waals surface area contributed by atoms with E-state index in [1.807, 2.05) is 36.1 Å². The zero-order chi connectivity index (χ0) is 16.3. The number of benzene rings is 1. The van der Waals surface area contributed by atoms with Crippen molar-refractivity contribution in [1.82, 2.24) is 4.90 Å². The van der Waals surface area contributed by atoms with Crippen molar-refractivity contribution in [2.45, 2.75) is 51.7 Å². The summed E-state index contributed by atoms with van der Waals surface area (Å²) < 4.78 is 5.49. The molecule has 1 saturated carbocycles. The highest BCUT2D eigenvalue weighted by molar-refractivity contribution is 5.83. The Hall–Kier alpha value is -1.39. The molecule has 3 rings (SSSR count). The van der Waals surface area contributed by atoms with Crippen molar-refractivity contribution in [1.29, 1.82) is 0 Å². The predicted molar refractivity (Wildman–Crippen MR) is 88.8 cm³/mol. The molecule has 1 atom stereocenters. The Balaban J connectivity index is 1.74. The van der Waals surface area contributed by atoms with E-state index in [0.717, 1.165) is 36.8 Å². The van der Waals surface area contributed by atoms with Crippen LogP contribution in [-0.4, -0.2) is 35.7 Å². The molecule has 4 nitrogen and oxygen atoms in total. The molecular weight excluding hydrogens is 290 g/mol. The summed E-state index contributed by atoms with van der Waals surface area (Å²) in [4.78, 5) is 15.1. The average molecular weight is 317 g/mol. The van der Waals surface area contributed by atoms with Crippen LogP contribution in [0.15, 0.2) is 24.3 Å². The van der Waals surface area contributed by atoms with E-state index < -0.39 is 6.10 Å². The highest BCUT2D eigenvalue weighted by Crippen LogP contribution is 2.46. The number of aliphatic hydroxyl groups is 1. The predicted octanol–water partition coefficient (Wildman–Crippen LogP) is 3.05. The number of ether oxygens (including phenoxy) is 1. The molecule has 0 saturated heterocycles. The second-order valence-corrected chi connectivity index (χ2v) is 6.81. The molecule has 126 valence electrons. The lowest BCUT2D eigenvalue weighted by atomic mass is 9.65. The van der Waals surface area contributed by atoms with E-state index in [0.29, 0.717) is 32.7 Å². The number of carbonyl (C=O) groups excluding carboxylic acids is 1. The summed E-state index contributed by atoms with van der Waals surface area (Å²) in [5.74, 6) is 0.257. The molecule has 1 aromatic rings. The van der Waals surface area contributed by atoms with Gasteiger partial charge in [0.2, 0.25) is 5.91 Å². The second kappa shape index (κ2) is 7.02. The van der Waals surface area contributed by atoms with E-state index in [1.54, 1.807) is 0 Å². The van der Waals surface area contributed by atoms with Gasteiger partial charge in [-0.1, -0.05) is 30.7 Å². The van der Waals surface area contributed by atoms with E-state index >= 15 is 0 Å². The largest absolute Gasteiger partial charge is 0.388 e. The summed E-state index contributed by atoms with van der Waals surface area (Å²) >= 11 is 0. The molecule has 1 amide bonds. The van der Waals surface area contributed by atoms with E-state index in [1.165, 1.54) is 0 Å². The number of hydrogen-bond donors (Lipinski definition) is 1. The first-order valence-electron chi connectivity index (χ1n) is 8.79. The quantitative estimate of drug-likeness (QED) is 0.849. The fourth-order valence-corrected chi connectivity index (χ4v) is 3.82. The number of nitrogens with zero attached hydrogens (tertiary/aromatic N) is 1. The van der Waals surface area contributed by atoms with E-state index in [2.05, 4.69) is 0 Å². The smallest absolute Gasteiger partial charge is 0.229 e. The number of amides is 1. The van der Waals surface area contributed by atoms with Crippen molar-refractivity contribution >= 4 is 5.91 Å². The molecule has 0 bridgehead atoms. The van der Waals surface area contributed by atoms with Gasteiger partial charge in [0.25, 0.3) is 0 Å². The third-order valence-electron chi connectivity index (χ3n) is 5.43. The maximum atomic E-state index is 13.2. The van der Waals surface area contributed by atoms with Crippen LogP contribution >= 0.6 is 0 Å². The fourth-order valence-electron chi connectivity index (χ4n) is 3.82. The lowest BCUT2D eigenvalue weighted by Crippen LogP contribution is -2.48. The van der Waals surface area contributed by atoms with Crippen molar-refractivity contribution in [3.05, 3.63) is 35.4 Å². The van der Waals surface area contributed by atoms with Crippen LogP contribution in [0, 0.1) is 5.41 Å². The monoisotopic (exact) mass is 317 g/mol. The number of hydrogen-bond acceptors (Lipinski definition) is 3. The molecule has 1 aliphatic carbocycles. The molecule has 2 aliphatic rings. The molecule has 1 heterocycles. The Morgan fingerprint density at radius 3 is 2.87 bits per heavy atom. The molecule has 0 radical (unpaired) electrons. The Morgan fingerprint density at radius 2 is 2.17 bits per heavy atom. The molecule has 4 heteroatoms. The lowest BCUT2D eigenvalue weighted by molar-refractivity contribution is -0.150. The first kappa shape index (κ1) is 16.5. The Bertz CT molecular complexity index is 553. The molecule has 1 aromatic carbocycles. The van der Waals surface area contributed by atoms with Crippen molar-refractivity contribution in [2.24, 2.45) is 5.41 Å². The summed E-state index contributed by atoms with van der Waals surface area (Å²) in [6.45, 7) is 4.60. The average Bonchev–Trinajstić information content (AvgIpc) is 2.69. The maximum absolute atomic E-state index is 13.2. The van der Waals surface area contributed by atoms with Crippen LogP contribution in [0.2, 0.25) is 0 Å². The highest BCUT2D eigenvalue weighted by atomic mass is 16.5. The molecule has 0 aromatic heterocycles. The third kappa shape index (κ3) is 3.29. The molecular formula is C19H27NO3. The van der Waals surface area contributed by atoms with Crippen LogP contribution in [-0.2, 0) is 16.1 Å². The van der Waals surface area contributed by atoms with Crippen molar-refractivity contribution in [2.75, 3.05) is 19.8 Å². The third-order valence-corrected chi connectivity index (χ3v) is 5.43. The molecule has 23 heavy (non-hydrogen) atoms. The number of rotatable bonds is 5. The summed E-state index contributed by atoms with van der Waals surface area (Å²) in [6, 6.07) is 7.93. The topological polar surface area (TPSA) is 49.8 Å². The van der Waals surface area contributed by atoms with Crippen LogP contribution in [0.3, 0.4) is 0 Å². The van der Waals surface area contributed by atoms with E-state index in [9.17, 15) is 9.90 Å². The van der Waals surface area contributed by atoms with Gasteiger partial charge in [-0.2, -0.15) is 0 Å².